The van der Waals surface area contributed by atoms with Gasteiger partial charge in [0.15, 0.2) is 6.29 Å². The topological polar surface area (TPSA) is 162 Å². The lowest BCUT2D eigenvalue weighted by Gasteiger charge is -2.27. The van der Waals surface area contributed by atoms with Crippen molar-refractivity contribution in [2.24, 2.45) is 5.41 Å². The molecule has 292 valence electrons. The minimum atomic E-state index is -4.00. The van der Waals surface area contributed by atoms with E-state index in [2.05, 4.69) is 9.97 Å². The first kappa shape index (κ1) is 41.9. The maximum Gasteiger partial charge on any atom is 0.407 e. The Morgan fingerprint density at radius 3 is 1.61 bits per heavy atom. The van der Waals surface area contributed by atoms with Crippen LogP contribution in [0.15, 0.2) is 120 Å². The molecule has 0 atom stereocenters. The molecule has 0 fully saturated rings. The first-order valence-electron chi connectivity index (χ1n) is 17.0. The molecule has 0 spiro atoms. The maximum absolute atomic E-state index is 13.5. The molecule has 1 N–H and O–H groups in total. The molecule has 16 heteroatoms. The normalized spacial score (nSPS) is 11.8. The van der Waals surface area contributed by atoms with Crippen LogP contribution in [0.4, 0.5) is 4.79 Å². The molecule has 2 aromatic carbocycles. The second-order valence-corrected chi connectivity index (χ2v) is 18.4. The number of carbonyl (C=O) groups is 2. The average Bonchev–Trinajstić information content (AvgIpc) is 3.80. The lowest BCUT2D eigenvalue weighted by atomic mass is 9.96. The van der Waals surface area contributed by atoms with Crippen molar-refractivity contribution in [3.8, 4) is 22.5 Å². The van der Waals surface area contributed by atoms with Crippen molar-refractivity contribution < 1.29 is 31.5 Å². The fourth-order valence-corrected chi connectivity index (χ4v) is 8.76. The summed E-state index contributed by atoms with van der Waals surface area (Å²) in [5.74, 6) is 0. The molecule has 0 saturated heterocycles. The van der Waals surface area contributed by atoms with Gasteiger partial charge in [0.05, 0.1) is 17.9 Å². The number of aldehydes is 1. The second-order valence-electron chi connectivity index (χ2n) is 14.1. The van der Waals surface area contributed by atoms with E-state index < -0.39 is 26.1 Å². The van der Waals surface area contributed by atoms with Gasteiger partial charge in [-0.15, -0.1) is 0 Å². The molecule has 0 radical (unpaired) electrons. The van der Waals surface area contributed by atoms with Crippen LogP contribution in [0.1, 0.15) is 47.8 Å². The summed E-state index contributed by atoms with van der Waals surface area (Å²) in [5, 5.41) is 10.1. The molecule has 0 aliphatic rings. The van der Waals surface area contributed by atoms with E-state index in [1.54, 1.807) is 56.3 Å². The number of pyridine rings is 2. The van der Waals surface area contributed by atoms with Crippen LogP contribution < -0.4 is 0 Å². The van der Waals surface area contributed by atoms with Gasteiger partial charge < -0.3 is 10.0 Å². The van der Waals surface area contributed by atoms with Crippen LogP contribution in [0.5, 0.6) is 0 Å². The summed E-state index contributed by atoms with van der Waals surface area (Å²) in [6.45, 7) is 9.58. The highest BCUT2D eigenvalue weighted by molar-refractivity contribution is 7.90. The van der Waals surface area contributed by atoms with Crippen LogP contribution in [0.25, 0.3) is 22.5 Å². The fraction of sp³-hybridized carbons (Fsp3) is 0.200. The van der Waals surface area contributed by atoms with Gasteiger partial charge in [-0.3, -0.25) is 4.79 Å². The zero-order valence-electron chi connectivity index (χ0n) is 31.1. The number of hydrogen-bond donors (Lipinski definition) is 1. The number of benzene rings is 2. The van der Waals surface area contributed by atoms with E-state index in [0.717, 1.165) is 3.97 Å². The molecule has 4 heterocycles. The number of carbonyl (C=O) groups excluding carboxylic acids is 1. The molecule has 0 aliphatic heterocycles. The molecule has 1 amide bonds. The summed E-state index contributed by atoms with van der Waals surface area (Å²) in [6.07, 6.45) is 4.76. The molecule has 0 saturated carbocycles. The Kier molecular flexibility index (Phi) is 12.6. The maximum atomic E-state index is 13.5. The van der Waals surface area contributed by atoms with Gasteiger partial charge in [-0.05, 0) is 71.3 Å². The highest BCUT2D eigenvalue weighted by Crippen LogP contribution is 2.30. The quantitative estimate of drug-likeness (QED) is 0.105. The van der Waals surface area contributed by atoms with Crippen LogP contribution in [-0.2, 0) is 26.6 Å². The van der Waals surface area contributed by atoms with Gasteiger partial charge in [-0.2, -0.15) is 0 Å². The van der Waals surface area contributed by atoms with Crippen molar-refractivity contribution >= 4 is 55.6 Å². The number of halogens is 2. The molecular formula is C40H39Cl2N5O7S2. The Labute approximate surface area is 336 Å². The summed E-state index contributed by atoms with van der Waals surface area (Å²) in [7, 11) is -7.91. The van der Waals surface area contributed by atoms with Gasteiger partial charge in [0, 0.05) is 36.9 Å². The van der Waals surface area contributed by atoms with Crippen molar-refractivity contribution in [1.82, 2.24) is 22.8 Å². The lowest BCUT2D eigenvalue weighted by molar-refractivity contribution is 0.112. The molecule has 4 aromatic heterocycles. The Hall–Kier alpha value is -5.28. The summed E-state index contributed by atoms with van der Waals surface area (Å²) in [4.78, 5) is 32.1. The average molecular weight is 837 g/mol. The van der Waals surface area contributed by atoms with E-state index in [4.69, 9.17) is 23.2 Å². The van der Waals surface area contributed by atoms with Crippen LogP contribution in [0.3, 0.4) is 0 Å². The SMILES string of the molecule is Cc1cc(S(=O)(=O)n2cc(C=O)cc2-c2ccccc2)cnc1Cl.Cc1cc(S(=O)(=O)n2cc(CN(CC(C)(C)C)C(=O)O)cc2-c2ccccc2)cnc1Cl. The zero-order chi connectivity index (χ0) is 41.0. The van der Waals surface area contributed by atoms with Gasteiger partial charge in [0.25, 0.3) is 20.0 Å². The monoisotopic (exact) mass is 835 g/mol. The van der Waals surface area contributed by atoms with E-state index in [-0.39, 0.29) is 37.6 Å². The molecule has 0 bridgehead atoms. The smallest absolute Gasteiger partial charge is 0.407 e. The molecule has 6 aromatic rings. The summed E-state index contributed by atoms with van der Waals surface area (Å²) >= 11 is 11.8. The Morgan fingerprint density at radius 1 is 0.750 bits per heavy atom. The summed E-state index contributed by atoms with van der Waals surface area (Å²) < 4.78 is 55.2. The van der Waals surface area contributed by atoms with Crippen molar-refractivity contribution in [3.63, 3.8) is 0 Å². The Morgan fingerprint density at radius 2 is 1.20 bits per heavy atom. The predicted octanol–water partition coefficient (Wildman–Crippen LogP) is 8.84. The number of amides is 1. The first-order valence-corrected chi connectivity index (χ1v) is 20.7. The molecule has 0 unspecified atom stereocenters. The van der Waals surface area contributed by atoms with Crippen molar-refractivity contribution in [3.05, 3.63) is 142 Å². The Balaban J connectivity index is 0.000000223. The van der Waals surface area contributed by atoms with Crippen molar-refractivity contribution in [2.75, 3.05) is 6.54 Å². The molecule has 56 heavy (non-hydrogen) atoms. The van der Waals surface area contributed by atoms with Gasteiger partial charge >= 0.3 is 6.09 Å². The van der Waals surface area contributed by atoms with Crippen LogP contribution in [-0.4, -0.2) is 63.7 Å². The molecular weight excluding hydrogens is 798 g/mol. The first-order chi connectivity index (χ1) is 26.3. The van der Waals surface area contributed by atoms with E-state index >= 15 is 0 Å². The third-order valence-electron chi connectivity index (χ3n) is 8.33. The minimum Gasteiger partial charge on any atom is -0.465 e. The van der Waals surface area contributed by atoms with Crippen molar-refractivity contribution in [1.29, 1.82) is 0 Å². The zero-order valence-corrected chi connectivity index (χ0v) is 34.2. The predicted molar refractivity (Wildman–Crippen MR) is 216 cm³/mol. The number of aryl methyl sites for hydroxylation is 2. The van der Waals surface area contributed by atoms with Gasteiger partial charge in [0.1, 0.15) is 20.1 Å². The van der Waals surface area contributed by atoms with E-state index in [9.17, 15) is 31.5 Å². The number of nitrogens with zero attached hydrogens (tertiary/aromatic N) is 5. The standard InChI is InChI=1S/C23H26ClN3O4S.C17H13ClN2O3S/c1-16-10-19(12-25-21(16)24)32(30,31)27-14-17(11-20(27)18-8-6-5-7-9-18)13-26(22(28)29)15-23(2,3)4;1-12-7-15(9-19-17(12)18)24(22,23)20-10-13(11-21)8-16(20)14-5-3-2-4-6-14/h5-12,14H,13,15H2,1-4H3,(H,28,29);2-11H,1H3. The summed E-state index contributed by atoms with van der Waals surface area (Å²) in [6, 6.07) is 24.3. The van der Waals surface area contributed by atoms with E-state index in [1.807, 2.05) is 45.0 Å². The van der Waals surface area contributed by atoms with Crippen LogP contribution >= 0.6 is 23.2 Å². The molecule has 12 nitrogen and oxygen atoms in total. The number of carboxylic acid groups (broad SMARTS) is 1. The molecule has 6 rings (SSSR count). The van der Waals surface area contributed by atoms with Gasteiger partial charge in [-0.1, -0.05) is 105 Å². The number of hydrogen-bond acceptors (Lipinski definition) is 8. The minimum absolute atomic E-state index is 0.00325. The van der Waals surface area contributed by atoms with Gasteiger partial charge in [-0.25, -0.2) is 39.5 Å². The van der Waals surface area contributed by atoms with Gasteiger partial charge in [0.2, 0.25) is 0 Å². The number of rotatable bonds is 10. The third-order valence-corrected chi connectivity index (χ3v) is 12.4. The van der Waals surface area contributed by atoms with Crippen molar-refractivity contribution in [2.45, 2.75) is 51.0 Å². The third kappa shape index (κ3) is 9.56. The lowest BCUT2D eigenvalue weighted by Crippen LogP contribution is -2.36. The van der Waals surface area contributed by atoms with E-state index in [1.165, 1.54) is 51.9 Å². The number of aromatic nitrogens is 4. The Bertz CT molecular complexity index is 2600. The second kappa shape index (κ2) is 16.8. The highest BCUT2D eigenvalue weighted by Gasteiger charge is 2.26. The highest BCUT2D eigenvalue weighted by atomic mass is 35.5. The van der Waals surface area contributed by atoms with Crippen LogP contribution in [0.2, 0.25) is 10.3 Å². The van der Waals surface area contributed by atoms with E-state index in [0.29, 0.717) is 52.0 Å². The summed E-state index contributed by atoms with van der Waals surface area (Å²) in [5.41, 5.74) is 3.92. The van der Waals surface area contributed by atoms with Crippen LogP contribution in [0, 0.1) is 19.3 Å². The fourth-order valence-electron chi connectivity index (χ4n) is 5.71. The largest absolute Gasteiger partial charge is 0.465 e. The molecule has 0 aliphatic carbocycles.